The first kappa shape index (κ1) is 21.5. The van der Waals surface area contributed by atoms with Crippen LogP contribution in [0.3, 0.4) is 0 Å². The minimum atomic E-state index is 0.561. The van der Waals surface area contributed by atoms with Gasteiger partial charge in [-0.2, -0.15) is 0 Å². The fraction of sp³-hybridized carbons (Fsp3) is 0.318. The molecule has 5 nitrogen and oxygen atoms in total. The third-order valence-corrected chi connectivity index (χ3v) is 5.91. The fourth-order valence-electron chi connectivity index (χ4n) is 3.93. The minimum absolute atomic E-state index is 0.561. The molecular weight excluding hydrogens is 405 g/mol. The van der Waals surface area contributed by atoms with E-state index in [2.05, 4.69) is 39.1 Å². The number of fused-ring (bicyclic) bond motifs is 3. The number of likely N-dealkylation sites (N-methyl/N-ethyl adjacent to an activating group) is 1. The highest BCUT2D eigenvalue weighted by Gasteiger charge is 2.19. The van der Waals surface area contributed by atoms with Gasteiger partial charge in [0.25, 0.3) is 0 Å². The molecule has 0 amide bonds. The van der Waals surface area contributed by atoms with Crippen LogP contribution in [-0.2, 0) is 19.4 Å². The molecule has 0 saturated heterocycles. The van der Waals surface area contributed by atoms with Gasteiger partial charge >= 0.3 is 0 Å². The average Bonchev–Trinajstić information content (AvgIpc) is 3.03. The van der Waals surface area contributed by atoms with Crippen molar-refractivity contribution in [3.63, 3.8) is 0 Å². The van der Waals surface area contributed by atoms with Gasteiger partial charge in [-0.25, -0.2) is 0 Å². The standard InChI is InChI=1S/C21H23Cl2N3.CH4N2/c1-24-10-11-26-20-5-3-2-4-16(20)17-8-6-15(13-21(17)26)25-14-7-9-18(22)19(23)12-14;2-1-3/h6-9,12-13,24-25H,2-5,10-11H2,1H3;1H,(H3,2,3). The molecule has 0 fully saturated rings. The summed E-state index contributed by atoms with van der Waals surface area (Å²) in [7, 11) is 2.01. The van der Waals surface area contributed by atoms with Gasteiger partial charge in [0.1, 0.15) is 0 Å². The third kappa shape index (κ3) is 4.86. The molecule has 7 heteroatoms. The number of halogens is 2. The van der Waals surface area contributed by atoms with Crippen molar-refractivity contribution in [2.45, 2.75) is 32.2 Å². The number of benzene rings is 2. The van der Waals surface area contributed by atoms with E-state index in [9.17, 15) is 0 Å². The predicted octanol–water partition coefficient (Wildman–Crippen LogP) is 5.34. The maximum atomic E-state index is 6.14. The van der Waals surface area contributed by atoms with E-state index in [4.69, 9.17) is 28.6 Å². The molecule has 2 aromatic carbocycles. The van der Waals surface area contributed by atoms with E-state index in [0.717, 1.165) is 30.8 Å². The number of aromatic nitrogens is 1. The van der Waals surface area contributed by atoms with Gasteiger partial charge in [-0.3, -0.25) is 5.41 Å². The second-order valence-electron chi connectivity index (χ2n) is 7.04. The molecule has 5 N–H and O–H groups in total. The van der Waals surface area contributed by atoms with Crippen LogP contribution >= 0.6 is 23.2 Å². The van der Waals surface area contributed by atoms with Gasteiger partial charge in [0.15, 0.2) is 0 Å². The van der Waals surface area contributed by atoms with Gasteiger partial charge in [-0.1, -0.05) is 29.3 Å². The van der Waals surface area contributed by atoms with Gasteiger partial charge in [-0.05, 0) is 68.6 Å². The van der Waals surface area contributed by atoms with E-state index >= 15 is 0 Å². The van der Waals surface area contributed by atoms with E-state index in [1.54, 1.807) is 5.56 Å². The van der Waals surface area contributed by atoms with Crippen LogP contribution in [0.2, 0.25) is 10.0 Å². The van der Waals surface area contributed by atoms with Gasteiger partial charge in [-0.15, -0.1) is 0 Å². The molecule has 29 heavy (non-hydrogen) atoms. The summed E-state index contributed by atoms with van der Waals surface area (Å²) in [5.41, 5.74) is 10.8. The quantitative estimate of drug-likeness (QED) is 0.325. The van der Waals surface area contributed by atoms with Crippen LogP contribution < -0.4 is 16.4 Å². The Balaban J connectivity index is 0.000000755. The molecule has 0 spiro atoms. The second-order valence-corrected chi connectivity index (χ2v) is 7.85. The number of rotatable bonds is 5. The lowest BCUT2D eigenvalue weighted by Crippen LogP contribution is -2.17. The summed E-state index contributed by atoms with van der Waals surface area (Å²) in [5.74, 6) is 0. The summed E-state index contributed by atoms with van der Waals surface area (Å²) in [6.07, 6.45) is 5.71. The van der Waals surface area contributed by atoms with Crippen LogP contribution in [0, 0.1) is 5.41 Å². The Hall–Kier alpha value is -2.21. The van der Waals surface area contributed by atoms with E-state index in [1.165, 1.54) is 42.3 Å². The zero-order chi connectivity index (χ0) is 20.8. The Labute approximate surface area is 181 Å². The van der Waals surface area contributed by atoms with Crippen molar-refractivity contribution in [2.24, 2.45) is 5.73 Å². The number of nitrogens with two attached hydrogens (primary N) is 1. The van der Waals surface area contributed by atoms with Crippen LogP contribution in [0.25, 0.3) is 10.9 Å². The number of nitrogens with one attached hydrogen (secondary N) is 3. The topological polar surface area (TPSA) is 78.9 Å². The first-order valence-corrected chi connectivity index (χ1v) is 10.6. The molecule has 0 bridgehead atoms. The van der Waals surface area contributed by atoms with Crippen LogP contribution in [0.4, 0.5) is 11.4 Å². The SMILES string of the molecule is CNCCn1c2c(c3ccc(Nc4ccc(Cl)c(Cl)c4)cc31)CCCC2.N=CN. The molecule has 1 aliphatic carbocycles. The van der Waals surface area contributed by atoms with Gasteiger partial charge in [0.2, 0.25) is 0 Å². The molecule has 0 aliphatic heterocycles. The maximum Gasteiger partial charge on any atom is 0.0765 e. The van der Waals surface area contributed by atoms with Crippen LogP contribution in [0.15, 0.2) is 36.4 Å². The second kappa shape index (κ2) is 10.0. The number of aryl methyl sites for hydroxylation is 1. The molecule has 0 atom stereocenters. The highest BCUT2D eigenvalue weighted by Crippen LogP contribution is 2.34. The molecule has 0 saturated carbocycles. The minimum Gasteiger partial charge on any atom is -0.390 e. The van der Waals surface area contributed by atoms with Crippen LogP contribution in [0.5, 0.6) is 0 Å². The van der Waals surface area contributed by atoms with Gasteiger partial charge < -0.3 is 20.9 Å². The van der Waals surface area contributed by atoms with E-state index in [-0.39, 0.29) is 0 Å². The van der Waals surface area contributed by atoms with Crippen LogP contribution in [-0.4, -0.2) is 24.5 Å². The molecule has 1 aliphatic rings. The largest absolute Gasteiger partial charge is 0.390 e. The van der Waals surface area contributed by atoms with Crippen molar-refractivity contribution < 1.29 is 0 Å². The van der Waals surface area contributed by atoms with Gasteiger partial charge in [0, 0.05) is 35.5 Å². The summed E-state index contributed by atoms with van der Waals surface area (Å²) in [5, 5.41) is 15.1. The first-order valence-electron chi connectivity index (χ1n) is 9.80. The Kier molecular flexibility index (Phi) is 7.42. The van der Waals surface area contributed by atoms with Crippen molar-refractivity contribution in [1.29, 1.82) is 5.41 Å². The van der Waals surface area contributed by atoms with Crippen molar-refractivity contribution in [3.8, 4) is 0 Å². The summed E-state index contributed by atoms with van der Waals surface area (Å²) in [4.78, 5) is 0. The highest BCUT2D eigenvalue weighted by atomic mass is 35.5. The van der Waals surface area contributed by atoms with E-state index in [1.807, 2.05) is 25.2 Å². The van der Waals surface area contributed by atoms with Crippen molar-refractivity contribution in [2.75, 3.05) is 18.9 Å². The molecule has 1 aromatic heterocycles. The first-order chi connectivity index (χ1) is 14.1. The molecule has 3 aromatic rings. The molecule has 1 heterocycles. The number of hydrogen-bond donors (Lipinski definition) is 4. The molecular formula is C22H27Cl2N5. The molecule has 4 rings (SSSR count). The lowest BCUT2D eigenvalue weighted by molar-refractivity contribution is 0.595. The third-order valence-electron chi connectivity index (χ3n) is 5.17. The lowest BCUT2D eigenvalue weighted by atomic mass is 9.95. The summed E-state index contributed by atoms with van der Waals surface area (Å²) in [6.45, 7) is 1.97. The zero-order valence-corrected chi connectivity index (χ0v) is 18.1. The zero-order valence-electron chi connectivity index (χ0n) is 16.6. The van der Waals surface area contributed by atoms with Crippen molar-refractivity contribution in [1.82, 2.24) is 9.88 Å². The Morgan fingerprint density at radius 3 is 2.48 bits per heavy atom. The smallest absolute Gasteiger partial charge is 0.0765 e. The monoisotopic (exact) mass is 431 g/mol. The number of anilines is 2. The molecule has 154 valence electrons. The Morgan fingerprint density at radius 2 is 1.76 bits per heavy atom. The van der Waals surface area contributed by atoms with Crippen LogP contribution in [0.1, 0.15) is 24.1 Å². The molecule has 0 radical (unpaired) electrons. The fourth-order valence-corrected chi connectivity index (χ4v) is 4.23. The van der Waals surface area contributed by atoms with E-state index in [0.29, 0.717) is 10.0 Å². The Morgan fingerprint density at radius 1 is 1.07 bits per heavy atom. The van der Waals surface area contributed by atoms with E-state index < -0.39 is 0 Å². The summed E-state index contributed by atoms with van der Waals surface area (Å²) in [6, 6.07) is 12.3. The highest BCUT2D eigenvalue weighted by molar-refractivity contribution is 6.42. The van der Waals surface area contributed by atoms with Gasteiger partial charge in [0.05, 0.1) is 21.9 Å². The normalized spacial score (nSPS) is 12.8. The predicted molar refractivity (Wildman–Crippen MR) is 125 cm³/mol. The summed E-state index contributed by atoms with van der Waals surface area (Å²) < 4.78 is 2.50. The molecule has 0 unspecified atom stereocenters. The van der Waals surface area contributed by atoms with Crippen molar-refractivity contribution >= 4 is 51.8 Å². The maximum absolute atomic E-state index is 6.14. The van der Waals surface area contributed by atoms with Crippen molar-refractivity contribution in [3.05, 3.63) is 57.7 Å². The lowest BCUT2D eigenvalue weighted by Gasteiger charge is -2.16. The number of nitrogens with zero attached hydrogens (tertiary/aromatic N) is 1. The summed E-state index contributed by atoms with van der Waals surface area (Å²) >= 11 is 12.2. The number of hydrogen-bond acceptors (Lipinski definition) is 3. The average molecular weight is 432 g/mol. The Bertz CT molecular complexity index is 997.